The zero-order chi connectivity index (χ0) is 25.9. The number of carbonyl (C=O) groups is 1. The highest BCUT2D eigenvalue weighted by atomic mass is 16.2. The number of hydrogen-bond donors (Lipinski definition) is 3. The van der Waals surface area contributed by atoms with Crippen LogP contribution in [-0.4, -0.2) is 40.0 Å². The Bertz CT molecular complexity index is 1180. The lowest BCUT2D eigenvalue weighted by Gasteiger charge is -2.34. The lowest BCUT2D eigenvalue weighted by Crippen LogP contribution is -2.48. The molecule has 0 radical (unpaired) electrons. The molecule has 1 aliphatic rings. The second-order valence-corrected chi connectivity index (χ2v) is 12.1. The van der Waals surface area contributed by atoms with Crippen LogP contribution in [0.25, 0.3) is 22.0 Å². The second kappa shape index (κ2) is 10.6. The fourth-order valence-corrected chi connectivity index (χ4v) is 4.98. The molecular weight excluding hydrogens is 446 g/mol. The molecule has 1 aliphatic carbocycles. The van der Waals surface area contributed by atoms with Gasteiger partial charge in [-0.25, -0.2) is 9.97 Å². The van der Waals surface area contributed by atoms with Crippen molar-refractivity contribution >= 4 is 22.6 Å². The molecule has 1 heterocycles. The molecule has 2 aromatic carbocycles. The normalized spacial score (nSPS) is 18.7. The van der Waals surface area contributed by atoms with Crippen LogP contribution in [0, 0.1) is 0 Å². The van der Waals surface area contributed by atoms with Gasteiger partial charge in [0.25, 0.3) is 0 Å². The summed E-state index contributed by atoms with van der Waals surface area (Å²) in [5.41, 5.74) is 4.66. The number of anilines is 1. The van der Waals surface area contributed by atoms with Crippen LogP contribution >= 0.6 is 0 Å². The van der Waals surface area contributed by atoms with Crippen LogP contribution in [0.4, 0.5) is 5.82 Å². The summed E-state index contributed by atoms with van der Waals surface area (Å²) in [5, 5.41) is 11.0. The van der Waals surface area contributed by atoms with Gasteiger partial charge in [-0.15, -0.1) is 0 Å². The van der Waals surface area contributed by atoms with Gasteiger partial charge in [-0.1, -0.05) is 51.1 Å². The van der Waals surface area contributed by atoms with E-state index < -0.39 is 0 Å². The van der Waals surface area contributed by atoms with E-state index in [0.29, 0.717) is 11.9 Å². The third kappa shape index (κ3) is 6.82. The molecule has 0 atom stereocenters. The number of nitrogens with zero attached hydrogens (tertiary/aromatic N) is 2. The first kappa shape index (κ1) is 26.1. The summed E-state index contributed by atoms with van der Waals surface area (Å²) in [7, 11) is 0. The Kier molecular flexibility index (Phi) is 7.65. The van der Waals surface area contributed by atoms with Crippen LogP contribution in [0.2, 0.25) is 0 Å². The molecule has 36 heavy (non-hydrogen) atoms. The van der Waals surface area contributed by atoms with Crippen LogP contribution in [0.3, 0.4) is 0 Å². The highest BCUT2D eigenvalue weighted by molar-refractivity contribution is 5.93. The van der Waals surface area contributed by atoms with Gasteiger partial charge in [-0.3, -0.25) is 4.79 Å². The van der Waals surface area contributed by atoms with E-state index in [9.17, 15) is 4.79 Å². The fraction of sp³-hybridized carbons (Fsp3) is 0.500. The summed E-state index contributed by atoms with van der Waals surface area (Å²) >= 11 is 0. The predicted molar refractivity (Wildman–Crippen MR) is 149 cm³/mol. The minimum Gasteiger partial charge on any atom is -0.360 e. The maximum absolute atomic E-state index is 12.7. The maximum atomic E-state index is 12.7. The Morgan fingerprint density at radius 2 is 1.50 bits per heavy atom. The fourth-order valence-electron chi connectivity index (χ4n) is 4.98. The van der Waals surface area contributed by atoms with Crippen LogP contribution in [0.15, 0.2) is 48.8 Å². The first-order chi connectivity index (χ1) is 17.0. The van der Waals surface area contributed by atoms with Crippen molar-refractivity contribution in [2.75, 3.05) is 11.9 Å². The van der Waals surface area contributed by atoms with Gasteiger partial charge in [0.15, 0.2) is 0 Å². The number of aromatic nitrogens is 2. The summed E-state index contributed by atoms with van der Waals surface area (Å²) in [6.07, 6.45) is 5.74. The number of benzene rings is 2. The van der Waals surface area contributed by atoms with Gasteiger partial charge < -0.3 is 16.0 Å². The van der Waals surface area contributed by atoms with Gasteiger partial charge in [0, 0.05) is 23.0 Å². The molecule has 1 aromatic heterocycles. The van der Waals surface area contributed by atoms with E-state index in [1.165, 1.54) is 5.56 Å². The van der Waals surface area contributed by atoms with Gasteiger partial charge >= 0.3 is 0 Å². The van der Waals surface area contributed by atoms with Crippen LogP contribution in [-0.2, 0) is 10.2 Å². The third-order valence-electron chi connectivity index (χ3n) is 6.87. The third-order valence-corrected chi connectivity index (χ3v) is 6.87. The van der Waals surface area contributed by atoms with Crippen molar-refractivity contribution in [1.82, 2.24) is 20.6 Å². The van der Waals surface area contributed by atoms with Crippen molar-refractivity contribution < 1.29 is 4.79 Å². The maximum Gasteiger partial charge on any atom is 0.239 e. The minimum absolute atomic E-state index is 0.00270. The SMILES string of the molecule is CC(C)(C)NC1CCC(NC(=O)CNc2ncnc3ccc(-c4ccc(C(C)(C)C)cc4)cc23)CC1. The highest BCUT2D eigenvalue weighted by Crippen LogP contribution is 2.29. The van der Waals surface area contributed by atoms with E-state index in [0.717, 1.165) is 47.7 Å². The molecule has 3 aromatic rings. The molecule has 0 bridgehead atoms. The van der Waals surface area contributed by atoms with Crippen LogP contribution in [0.5, 0.6) is 0 Å². The second-order valence-electron chi connectivity index (χ2n) is 12.1. The lowest BCUT2D eigenvalue weighted by atomic mass is 9.86. The molecule has 0 unspecified atom stereocenters. The van der Waals surface area contributed by atoms with Crippen molar-refractivity contribution in [2.24, 2.45) is 0 Å². The van der Waals surface area contributed by atoms with E-state index in [4.69, 9.17) is 0 Å². The first-order valence-corrected chi connectivity index (χ1v) is 13.1. The van der Waals surface area contributed by atoms with Gasteiger partial charge in [0.1, 0.15) is 12.1 Å². The molecule has 1 amide bonds. The smallest absolute Gasteiger partial charge is 0.239 e. The Morgan fingerprint density at radius 3 is 2.14 bits per heavy atom. The van der Waals surface area contributed by atoms with Crippen molar-refractivity contribution in [2.45, 2.75) is 90.3 Å². The van der Waals surface area contributed by atoms with E-state index >= 15 is 0 Å². The zero-order valence-electron chi connectivity index (χ0n) is 22.6. The number of hydrogen-bond acceptors (Lipinski definition) is 5. The van der Waals surface area contributed by atoms with E-state index in [-0.39, 0.29) is 29.4 Å². The summed E-state index contributed by atoms with van der Waals surface area (Å²) in [6.45, 7) is 13.5. The van der Waals surface area contributed by atoms with Crippen LogP contribution < -0.4 is 16.0 Å². The number of rotatable bonds is 6. The zero-order valence-corrected chi connectivity index (χ0v) is 22.6. The van der Waals surface area contributed by atoms with E-state index in [1.807, 2.05) is 6.07 Å². The number of nitrogens with one attached hydrogen (secondary N) is 3. The lowest BCUT2D eigenvalue weighted by molar-refractivity contribution is -0.120. The summed E-state index contributed by atoms with van der Waals surface area (Å²) in [5.74, 6) is 0.685. The first-order valence-electron chi connectivity index (χ1n) is 13.1. The van der Waals surface area contributed by atoms with Gasteiger partial charge in [0.2, 0.25) is 5.91 Å². The molecule has 3 N–H and O–H groups in total. The van der Waals surface area contributed by atoms with Gasteiger partial charge in [-0.2, -0.15) is 0 Å². The molecule has 0 spiro atoms. The van der Waals surface area contributed by atoms with Crippen molar-refractivity contribution in [3.05, 3.63) is 54.4 Å². The van der Waals surface area contributed by atoms with Gasteiger partial charge in [-0.05, 0) is 80.7 Å². The Labute approximate surface area is 215 Å². The molecule has 192 valence electrons. The predicted octanol–water partition coefficient (Wildman–Crippen LogP) is 5.82. The van der Waals surface area contributed by atoms with Crippen molar-refractivity contribution in [3.63, 3.8) is 0 Å². The largest absolute Gasteiger partial charge is 0.360 e. The average Bonchev–Trinajstić information content (AvgIpc) is 2.82. The average molecular weight is 488 g/mol. The summed E-state index contributed by atoms with van der Waals surface area (Å²) in [4.78, 5) is 21.6. The number of carbonyl (C=O) groups excluding carboxylic acids is 1. The minimum atomic E-state index is 0.00270. The van der Waals surface area contributed by atoms with Crippen LogP contribution in [0.1, 0.15) is 72.8 Å². The Balaban J connectivity index is 1.38. The molecule has 6 nitrogen and oxygen atoms in total. The number of amides is 1. The highest BCUT2D eigenvalue weighted by Gasteiger charge is 2.25. The van der Waals surface area contributed by atoms with Crippen molar-refractivity contribution in [3.8, 4) is 11.1 Å². The van der Waals surface area contributed by atoms with E-state index in [2.05, 4.69) is 104 Å². The molecule has 1 fully saturated rings. The quantitative estimate of drug-likeness (QED) is 0.408. The van der Waals surface area contributed by atoms with Crippen molar-refractivity contribution in [1.29, 1.82) is 0 Å². The summed E-state index contributed by atoms with van der Waals surface area (Å²) in [6, 6.07) is 15.7. The monoisotopic (exact) mass is 487 g/mol. The molecule has 6 heteroatoms. The summed E-state index contributed by atoms with van der Waals surface area (Å²) < 4.78 is 0. The Hall–Kier alpha value is -2.99. The molecule has 0 saturated heterocycles. The Morgan fingerprint density at radius 1 is 0.861 bits per heavy atom. The molecule has 1 saturated carbocycles. The number of fused-ring (bicyclic) bond motifs is 1. The molecular formula is C30H41N5O. The topological polar surface area (TPSA) is 78.9 Å². The van der Waals surface area contributed by atoms with Gasteiger partial charge in [0.05, 0.1) is 12.1 Å². The molecule has 4 rings (SSSR count). The molecule has 0 aliphatic heterocycles. The standard InChI is InChI=1S/C30H41N5O/c1-29(2,3)22-10-7-20(8-11-22)21-9-16-26-25(17-21)28(33-19-32-26)31-18-27(36)34-23-12-14-24(15-13-23)35-30(4,5)6/h7-11,16-17,19,23-24,35H,12-15,18H2,1-6H3,(H,34,36)(H,31,32,33). The van der Waals surface area contributed by atoms with E-state index in [1.54, 1.807) is 6.33 Å².